The third-order valence-corrected chi connectivity index (χ3v) is 14.0. The molecule has 0 saturated heterocycles. The van der Waals surface area contributed by atoms with E-state index in [1.54, 1.807) is 12.4 Å². The van der Waals surface area contributed by atoms with Crippen molar-refractivity contribution in [3.8, 4) is 44.5 Å². The third kappa shape index (κ3) is 5.14. The fourth-order valence-corrected chi connectivity index (χ4v) is 11.3. The highest BCUT2D eigenvalue weighted by molar-refractivity contribution is 7.26. The Bertz CT molecular complexity index is 3920. The van der Waals surface area contributed by atoms with Crippen LogP contribution < -0.4 is 0 Å². The molecule has 2 aromatic heterocycles. The largest absolute Gasteiger partial charge is 0.252 e. The van der Waals surface area contributed by atoms with Crippen molar-refractivity contribution in [3.63, 3.8) is 0 Å². The van der Waals surface area contributed by atoms with Gasteiger partial charge in [0.25, 0.3) is 0 Å². The Balaban J connectivity index is 0.964. The summed E-state index contributed by atoms with van der Waals surface area (Å²) in [6.07, 6.45) is 3.59. The van der Waals surface area contributed by atoms with E-state index in [4.69, 9.17) is 9.97 Å². The summed E-state index contributed by atoms with van der Waals surface area (Å²) in [4.78, 5) is 9.65. The van der Waals surface area contributed by atoms with Crippen molar-refractivity contribution >= 4 is 96.4 Å². The first-order chi connectivity index (χ1) is 30.3. The fraction of sp³-hybridized carbons (Fsp3) is 0. The van der Waals surface area contributed by atoms with Crippen molar-refractivity contribution in [1.29, 1.82) is 0 Å². The molecule has 0 aliphatic rings. The van der Waals surface area contributed by atoms with Crippen LogP contribution in [0.15, 0.2) is 207 Å². The van der Waals surface area contributed by atoms with Gasteiger partial charge in [0.05, 0.1) is 11.0 Å². The van der Waals surface area contributed by atoms with Crippen molar-refractivity contribution in [1.82, 2.24) is 9.97 Å². The van der Waals surface area contributed by atoms with Crippen LogP contribution in [0.25, 0.3) is 130 Å². The topological polar surface area (TPSA) is 25.8 Å². The third-order valence-electron chi connectivity index (χ3n) is 12.8. The first-order valence-electron chi connectivity index (χ1n) is 20.8. The molecule has 2 nitrogen and oxygen atoms in total. The van der Waals surface area contributed by atoms with Gasteiger partial charge in [-0.05, 0) is 94.2 Å². The Kier molecular flexibility index (Phi) is 7.51. The van der Waals surface area contributed by atoms with Crippen LogP contribution in [0, 0.1) is 0 Å². The van der Waals surface area contributed by atoms with Gasteiger partial charge in [0.2, 0.25) is 0 Å². The Labute approximate surface area is 355 Å². The van der Waals surface area contributed by atoms with E-state index in [0.29, 0.717) is 0 Å². The van der Waals surface area contributed by atoms with E-state index in [1.807, 2.05) is 11.3 Å². The van der Waals surface area contributed by atoms with Crippen LogP contribution >= 0.6 is 11.3 Å². The Morgan fingerprint density at radius 2 is 0.656 bits per heavy atom. The van der Waals surface area contributed by atoms with Crippen molar-refractivity contribution < 1.29 is 0 Å². The number of aromatic nitrogens is 2. The molecule has 0 spiro atoms. The number of rotatable bonds is 4. The molecule has 0 unspecified atom stereocenters. The second-order valence-corrected chi connectivity index (χ2v) is 17.0. The van der Waals surface area contributed by atoms with Gasteiger partial charge >= 0.3 is 0 Å². The lowest BCUT2D eigenvalue weighted by Gasteiger charge is -2.16. The number of nitrogens with zero attached hydrogens (tertiary/aromatic N) is 2. The first kappa shape index (κ1) is 34.2. The minimum absolute atomic E-state index is 0.932. The monoisotopic (exact) mass is 790 g/mol. The molecule has 0 aliphatic heterocycles. The van der Waals surface area contributed by atoms with E-state index in [-0.39, 0.29) is 0 Å². The smallest absolute Gasteiger partial charge is 0.0971 e. The average Bonchev–Trinajstić information content (AvgIpc) is 3.72. The van der Waals surface area contributed by atoms with Crippen molar-refractivity contribution in [2.24, 2.45) is 0 Å². The van der Waals surface area contributed by atoms with Crippen molar-refractivity contribution in [2.45, 2.75) is 0 Å². The standard InChI is InChI=1S/C58H34N2S/c1-2-14-51-47(12-1)49-31-30-35(34-54(49)57-56(51)59-32-33-60-57)36-15-5-17-38-37(36)16-6-18-39(38)40-19-7-21-42-41(40)20-8-22-43(42)44-23-9-25-46-45(44)24-10-26-48(46)52-27-11-28-53-50-13-3-4-29-55(50)61-58(52)53/h1-34H. The Hall–Kier alpha value is -7.72. The minimum Gasteiger partial charge on any atom is -0.252 e. The van der Waals surface area contributed by atoms with Gasteiger partial charge in [0.1, 0.15) is 0 Å². The van der Waals surface area contributed by atoms with E-state index in [2.05, 4.69) is 194 Å². The number of fused-ring (bicyclic) bond motifs is 12. The highest BCUT2D eigenvalue weighted by Crippen LogP contribution is 2.45. The van der Waals surface area contributed by atoms with E-state index in [1.165, 1.54) is 102 Å². The van der Waals surface area contributed by atoms with Crippen LogP contribution in [0.1, 0.15) is 0 Å². The van der Waals surface area contributed by atoms with Crippen LogP contribution in [-0.4, -0.2) is 9.97 Å². The molecule has 0 aliphatic carbocycles. The quantitative estimate of drug-likeness (QED) is 0.166. The molecule has 2 heterocycles. The molecule has 11 aromatic carbocycles. The maximum Gasteiger partial charge on any atom is 0.0971 e. The van der Waals surface area contributed by atoms with E-state index >= 15 is 0 Å². The van der Waals surface area contributed by atoms with E-state index in [9.17, 15) is 0 Å². The summed E-state index contributed by atoms with van der Waals surface area (Å²) in [7, 11) is 0. The molecule has 0 bridgehead atoms. The SMILES string of the molecule is c1ccc2c(c1)sc1c(-c3cccc4c(-c5cccc6c(-c7cccc8c(-c9ccc%10c%11ccccc%11c%11nccnc%11c%10c9)cccc78)cccc56)cccc34)cccc12. The predicted octanol–water partition coefficient (Wildman–Crippen LogP) is 16.4. The van der Waals surface area contributed by atoms with E-state index < -0.39 is 0 Å². The highest BCUT2D eigenvalue weighted by atomic mass is 32.1. The molecule has 61 heavy (non-hydrogen) atoms. The van der Waals surface area contributed by atoms with E-state index in [0.717, 1.165) is 27.4 Å². The maximum absolute atomic E-state index is 4.86. The summed E-state index contributed by atoms with van der Waals surface area (Å²) >= 11 is 1.89. The molecule has 282 valence electrons. The molecule has 0 saturated carbocycles. The van der Waals surface area contributed by atoms with Gasteiger partial charge in [-0.3, -0.25) is 9.97 Å². The molecule has 13 rings (SSSR count). The van der Waals surface area contributed by atoms with Crippen LogP contribution in [-0.2, 0) is 0 Å². The van der Waals surface area contributed by atoms with Crippen LogP contribution in [0.3, 0.4) is 0 Å². The van der Waals surface area contributed by atoms with Gasteiger partial charge in [-0.25, -0.2) is 0 Å². The molecule has 0 N–H and O–H groups in total. The molecule has 13 aromatic rings. The number of hydrogen-bond donors (Lipinski definition) is 0. The highest BCUT2D eigenvalue weighted by Gasteiger charge is 2.18. The normalized spacial score (nSPS) is 11.9. The molecule has 3 heteroatoms. The zero-order valence-corrected chi connectivity index (χ0v) is 33.7. The second-order valence-electron chi connectivity index (χ2n) is 16.0. The number of benzene rings is 11. The fourth-order valence-electron chi connectivity index (χ4n) is 10.1. The molecule has 0 amide bonds. The summed E-state index contributed by atoms with van der Waals surface area (Å²) in [6.45, 7) is 0. The summed E-state index contributed by atoms with van der Waals surface area (Å²) in [5.41, 5.74) is 11.7. The maximum atomic E-state index is 4.86. The van der Waals surface area contributed by atoms with Crippen LogP contribution in [0.5, 0.6) is 0 Å². The van der Waals surface area contributed by atoms with Gasteiger partial charge in [0.15, 0.2) is 0 Å². The average molecular weight is 791 g/mol. The van der Waals surface area contributed by atoms with Gasteiger partial charge in [0, 0.05) is 48.9 Å². The lowest BCUT2D eigenvalue weighted by molar-refractivity contribution is 1.31. The summed E-state index contributed by atoms with van der Waals surface area (Å²) in [5.74, 6) is 0. The molecule has 0 fully saturated rings. The predicted molar refractivity (Wildman–Crippen MR) is 262 cm³/mol. The Morgan fingerprint density at radius 1 is 0.262 bits per heavy atom. The van der Waals surface area contributed by atoms with Gasteiger partial charge in [-0.1, -0.05) is 182 Å². The number of hydrogen-bond acceptors (Lipinski definition) is 3. The minimum atomic E-state index is 0.932. The summed E-state index contributed by atoms with van der Waals surface area (Å²) in [6, 6.07) is 71.6. The molecule has 0 radical (unpaired) electrons. The molecular weight excluding hydrogens is 757 g/mol. The molecular formula is C58H34N2S. The lowest BCUT2D eigenvalue weighted by atomic mass is 9.87. The molecule has 0 atom stereocenters. The van der Waals surface area contributed by atoms with Crippen molar-refractivity contribution in [2.75, 3.05) is 0 Å². The number of thiophene rings is 1. The Morgan fingerprint density at radius 3 is 1.23 bits per heavy atom. The first-order valence-corrected chi connectivity index (χ1v) is 21.6. The van der Waals surface area contributed by atoms with Crippen molar-refractivity contribution in [3.05, 3.63) is 207 Å². The van der Waals surface area contributed by atoms with Crippen LogP contribution in [0.4, 0.5) is 0 Å². The zero-order valence-electron chi connectivity index (χ0n) is 32.9. The van der Waals surface area contributed by atoms with Gasteiger partial charge in [-0.2, -0.15) is 0 Å². The van der Waals surface area contributed by atoms with Gasteiger partial charge < -0.3 is 0 Å². The zero-order chi connectivity index (χ0) is 40.0. The van der Waals surface area contributed by atoms with Crippen LogP contribution in [0.2, 0.25) is 0 Å². The summed E-state index contributed by atoms with van der Waals surface area (Å²) < 4.78 is 2.66. The lowest BCUT2D eigenvalue weighted by Crippen LogP contribution is -1.90. The second kappa shape index (κ2) is 13.4. The summed E-state index contributed by atoms with van der Waals surface area (Å²) in [5, 5.41) is 14.7. The van der Waals surface area contributed by atoms with Gasteiger partial charge in [-0.15, -0.1) is 11.3 Å².